The van der Waals surface area contributed by atoms with Crippen LogP contribution in [0.2, 0.25) is 0 Å². The van der Waals surface area contributed by atoms with E-state index in [1.807, 2.05) is 19.2 Å². The van der Waals surface area contributed by atoms with Crippen LogP contribution >= 0.6 is 0 Å². The SMILES string of the molecule is CC(N)Cc1ccc2c(c1)[nH]c1ccncc12. The number of fused-ring (bicyclic) bond motifs is 3. The van der Waals surface area contributed by atoms with E-state index in [0.717, 1.165) is 17.5 Å². The van der Waals surface area contributed by atoms with Gasteiger partial charge in [-0.2, -0.15) is 0 Å². The Bertz CT molecular complexity index is 667. The topological polar surface area (TPSA) is 54.7 Å². The van der Waals surface area contributed by atoms with E-state index in [-0.39, 0.29) is 6.04 Å². The molecule has 0 saturated carbocycles. The molecule has 1 aromatic carbocycles. The summed E-state index contributed by atoms with van der Waals surface area (Å²) in [7, 11) is 0. The highest BCUT2D eigenvalue weighted by Gasteiger charge is 2.05. The van der Waals surface area contributed by atoms with E-state index < -0.39 is 0 Å². The van der Waals surface area contributed by atoms with Gasteiger partial charge in [-0.05, 0) is 31.0 Å². The number of nitrogens with zero attached hydrogens (tertiary/aromatic N) is 1. The second-order valence-electron chi connectivity index (χ2n) is 4.61. The van der Waals surface area contributed by atoms with Gasteiger partial charge in [0.15, 0.2) is 0 Å². The van der Waals surface area contributed by atoms with Crippen molar-refractivity contribution < 1.29 is 0 Å². The van der Waals surface area contributed by atoms with Crippen molar-refractivity contribution in [2.24, 2.45) is 5.73 Å². The molecular formula is C14H15N3. The Morgan fingerprint density at radius 2 is 2.12 bits per heavy atom. The molecule has 0 amide bonds. The highest BCUT2D eigenvalue weighted by Crippen LogP contribution is 2.25. The fourth-order valence-corrected chi connectivity index (χ4v) is 2.29. The van der Waals surface area contributed by atoms with Crippen molar-refractivity contribution in [3.05, 3.63) is 42.2 Å². The number of nitrogens with one attached hydrogen (secondary N) is 1. The monoisotopic (exact) mass is 225 g/mol. The summed E-state index contributed by atoms with van der Waals surface area (Å²) in [4.78, 5) is 7.58. The summed E-state index contributed by atoms with van der Waals surface area (Å²) in [5.74, 6) is 0. The second kappa shape index (κ2) is 3.86. The van der Waals surface area contributed by atoms with E-state index >= 15 is 0 Å². The van der Waals surface area contributed by atoms with Crippen LogP contribution in [0.1, 0.15) is 12.5 Å². The van der Waals surface area contributed by atoms with Gasteiger partial charge in [-0.15, -0.1) is 0 Å². The molecule has 3 heteroatoms. The van der Waals surface area contributed by atoms with E-state index in [0.29, 0.717) is 0 Å². The summed E-state index contributed by atoms with van der Waals surface area (Å²) in [6.45, 7) is 2.03. The first-order chi connectivity index (χ1) is 8.24. The molecule has 0 radical (unpaired) electrons. The summed E-state index contributed by atoms with van der Waals surface area (Å²) in [6, 6.07) is 8.66. The van der Waals surface area contributed by atoms with Crippen LogP contribution in [-0.4, -0.2) is 16.0 Å². The first-order valence-electron chi connectivity index (χ1n) is 5.84. The molecule has 0 aliphatic heterocycles. The maximum absolute atomic E-state index is 5.82. The van der Waals surface area contributed by atoms with Crippen LogP contribution in [0.4, 0.5) is 0 Å². The highest BCUT2D eigenvalue weighted by molar-refractivity contribution is 6.06. The van der Waals surface area contributed by atoms with Gasteiger partial charge in [-0.1, -0.05) is 12.1 Å². The lowest BCUT2D eigenvalue weighted by molar-refractivity contribution is 0.739. The average molecular weight is 225 g/mol. The molecular weight excluding hydrogens is 210 g/mol. The molecule has 0 saturated heterocycles. The van der Waals surface area contributed by atoms with Gasteiger partial charge in [-0.3, -0.25) is 4.98 Å². The smallest absolute Gasteiger partial charge is 0.0495 e. The number of benzene rings is 1. The van der Waals surface area contributed by atoms with Crippen LogP contribution in [0.15, 0.2) is 36.7 Å². The first-order valence-corrected chi connectivity index (χ1v) is 5.84. The summed E-state index contributed by atoms with van der Waals surface area (Å²) in [6.07, 6.45) is 4.61. The van der Waals surface area contributed by atoms with E-state index in [9.17, 15) is 0 Å². The quantitative estimate of drug-likeness (QED) is 0.704. The summed E-state index contributed by atoms with van der Waals surface area (Å²) in [5, 5.41) is 2.40. The maximum Gasteiger partial charge on any atom is 0.0495 e. The fourth-order valence-electron chi connectivity index (χ4n) is 2.29. The van der Waals surface area contributed by atoms with E-state index in [4.69, 9.17) is 5.73 Å². The number of H-pyrrole nitrogens is 1. The van der Waals surface area contributed by atoms with Crippen molar-refractivity contribution in [1.29, 1.82) is 0 Å². The van der Waals surface area contributed by atoms with Crippen molar-refractivity contribution >= 4 is 21.8 Å². The van der Waals surface area contributed by atoms with Gasteiger partial charge in [0.25, 0.3) is 0 Å². The minimum atomic E-state index is 0.193. The van der Waals surface area contributed by atoms with Crippen LogP contribution in [0.3, 0.4) is 0 Å². The number of aromatic nitrogens is 2. The Morgan fingerprint density at radius 1 is 1.24 bits per heavy atom. The number of rotatable bonds is 2. The molecule has 1 atom stereocenters. The molecule has 0 bridgehead atoms. The molecule has 0 aliphatic carbocycles. The number of hydrogen-bond acceptors (Lipinski definition) is 2. The summed E-state index contributed by atoms with van der Waals surface area (Å²) < 4.78 is 0. The fraction of sp³-hybridized carbons (Fsp3) is 0.214. The molecule has 2 aromatic heterocycles. The van der Waals surface area contributed by atoms with Crippen LogP contribution in [-0.2, 0) is 6.42 Å². The summed E-state index contributed by atoms with van der Waals surface area (Å²) in [5.41, 5.74) is 9.38. The zero-order chi connectivity index (χ0) is 11.8. The Morgan fingerprint density at radius 3 is 2.94 bits per heavy atom. The van der Waals surface area contributed by atoms with Crippen molar-refractivity contribution in [2.45, 2.75) is 19.4 Å². The summed E-state index contributed by atoms with van der Waals surface area (Å²) >= 11 is 0. The van der Waals surface area contributed by atoms with E-state index in [1.165, 1.54) is 16.3 Å². The molecule has 3 nitrogen and oxygen atoms in total. The van der Waals surface area contributed by atoms with E-state index in [2.05, 4.69) is 28.2 Å². The second-order valence-corrected chi connectivity index (χ2v) is 4.61. The predicted molar refractivity (Wildman–Crippen MR) is 71.0 cm³/mol. The molecule has 3 N–H and O–H groups in total. The number of nitrogens with two attached hydrogens (primary N) is 1. The van der Waals surface area contributed by atoms with Gasteiger partial charge in [0, 0.05) is 40.2 Å². The van der Waals surface area contributed by atoms with Crippen molar-refractivity contribution in [2.75, 3.05) is 0 Å². The third kappa shape index (κ3) is 1.78. The van der Waals surface area contributed by atoms with Crippen LogP contribution < -0.4 is 5.73 Å². The van der Waals surface area contributed by atoms with Crippen molar-refractivity contribution in [1.82, 2.24) is 9.97 Å². The molecule has 0 fully saturated rings. The molecule has 0 spiro atoms. The normalized spacial score (nSPS) is 13.3. The minimum absolute atomic E-state index is 0.193. The van der Waals surface area contributed by atoms with Crippen molar-refractivity contribution in [3.63, 3.8) is 0 Å². The standard InChI is InChI=1S/C14H15N3/c1-9(15)6-10-2-3-11-12-8-16-5-4-13(12)17-14(11)7-10/h2-5,7-9,17H,6,15H2,1H3. The maximum atomic E-state index is 5.82. The lowest BCUT2D eigenvalue weighted by atomic mass is 10.1. The molecule has 86 valence electrons. The van der Waals surface area contributed by atoms with Gasteiger partial charge < -0.3 is 10.7 Å². The Kier molecular flexibility index (Phi) is 2.34. The van der Waals surface area contributed by atoms with E-state index in [1.54, 1.807) is 6.20 Å². The number of pyridine rings is 1. The van der Waals surface area contributed by atoms with Crippen LogP contribution in [0, 0.1) is 0 Å². The van der Waals surface area contributed by atoms with Crippen LogP contribution in [0.25, 0.3) is 21.8 Å². The van der Waals surface area contributed by atoms with Crippen molar-refractivity contribution in [3.8, 4) is 0 Å². The van der Waals surface area contributed by atoms with Gasteiger partial charge in [-0.25, -0.2) is 0 Å². The molecule has 3 aromatic rings. The van der Waals surface area contributed by atoms with Gasteiger partial charge in [0.1, 0.15) is 0 Å². The zero-order valence-corrected chi connectivity index (χ0v) is 9.77. The largest absolute Gasteiger partial charge is 0.354 e. The predicted octanol–water partition coefficient (Wildman–Crippen LogP) is 2.61. The van der Waals surface area contributed by atoms with Gasteiger partial charge >= 0.3 is 0 Å². The third-order valence-corrected chi connectivity index (χ3v) is 3.02. The Balaban J connectivity index is 2.20. The number of aromatic amines is 1. The molecule has 0 aliphatic rings. The lowest BCUT2D eigenvalue weighted by Crippen LogP contribution is -2.17. The Hall–Kier alpha value is -1.87. The lowest BCUT2D eigenvalue weighted by Gasteiger charge is -2.04. The van der Waals surface area contributed by atoms with Gasteiger partial charge in [0.05, 0.1) is 0 Å². The van der Waals surface area contributed by atoms with Gasteiger partial charge in [0.2, 0.25) is 0 Å². The number of hydrogen-bond donors (Lipinski definition) is 2. The molecule has 1 unspecified atom stereocenters. The first kappa shape index (κ1) is 10.3. The zero-order valence-electron chi connectivity index (χ0n) is 9.77. The molecule has 17 heavy (non-hydrogen) atoms. The average Bonchev–Trinajstić information content (AvgIpc) is 2.65. The third-order valence-electron chi connectivity index (χ3n) is 3.02. The highest BCUT2D eigenvalue weighted by atomic mass is 14.7. The van der Waals surface area contributed by atoms with Crippen LogP contribution in [0.5, 0.6) is 0 Å². The minimum Gasteiger partial charge on any atom is -0.354 e. The Labute approximate surface area is 99.7 Å². The molecule has 3 rings (SSSR count). The molecule has 2 heterocycles.